The highest BCUT2D eigenvalue weighted by Crippen LogP contribution is 2.15. The van der Waals surface area contributed by atoms with E-state index in [9.17, 15) is 4.79 Å². The molecule has 0 heterocycles. The van der Waals surface area contributed by atoms with Gasteiger partial charge in [0.05, 0.1) is 0 Å². The average Bonchev–Trinajstić information content (AvgIpc) is 2.33. The zero-order chi connectivity index (χ0) is 13.5. The van der Waals surface area contributed by atoms with E-state index in [0.717, 1.165) is 29.8 Å². The summed E-state index contributed by atoms with van der Waals surface area (Å²) in [4.78, 5) is 12.0. The van der Waals surface area contributed by atoms with Crippen LogP contribution in [-0.2, 0) is 0 Å². The Balaban J connectivity index is 2.69. The fourth-order valence-corrected chi connectivity index (χ4v) is 1.69. The predicted molar refractivity (Wildman–Crippen MR) is 77.1 cm³/mol. The van der Waals surface area contributed by atoms with Crippen LogP contribution in [0.3, 0.4) is 0 Å². The number of carbonyl (C=O) groups excluding carboxylic acids is 1. The van der Waals surface area contributed by atoms with Crippen LogP contribution in [0.5, 0.6) is 0 Å². The molecule has 0 unspecified atom stereocenters. The van der Waals surface area contributed by atoms with E-state index < -0.39 is 0 Å². The van der Waals surface area contributed by atoms with Gasteiger partial charge >= 0.3 is 0 Å². The molecule has 0 fully saturated rings. The summed E-state index contributed by atoms with van der Waals surface area (Å²) < 4.78 is 0. The maximum atomic E-state index is 12.0. The summed E-state index contributed by atoms with van der Waals surface area (Å²) in [5, 5.41) is 6.26. The molecule has 0 aliphatic rings. The molecule has 1 aromatic rings. The van der Waals surface area contributed by atoms with Gasteiger partial charge in [0, 0.05) is 24.3 Å². The molecule has 3 heteroatoms. The molecule has 0 bridgehead atoms. The quantitative estimate of drug-likeness (QED) is 0.811. The van der Waals surface area contributed by atoms with Gasteiger partial charge in [0.1, 0.15) is 0 Å². The van der Waals surface area contributed by atoms with Crippen molar-refractivity contribution in [3.05, 3.63) is 29.3 Å². The second-order valence-corrected chi connectivity index (χ2v) is 5.06. The van der Waals surface area contributed by atoms with Gasteiger partial charge in [0.2, 0.25) is 0 Å². The molecule has 3 nitrogen and oxygen atoms in total. The molecule has 18 heavy (non-hydrogen) atoms. The molecular weight excluding hydrogens is 224 g/mol. The second-order valence-electron chi connectivity index (χ2n) is 5.06. The number of aryl methyl sites for hydroxylation is 1. The highest BCUT2D eigenvalue weighted by molar-refractivity contribution is 5.96. The van der Waals surface area contributed by atoms with E-state index in [1.54, 1.807) is 0 Å². The van der Waals surface area contributed by atoms with E-state index >= 15 is 0 Å². The molecule has 0 radical (unpaired) electrons. The first-order valence-corrected chi connectivity index (χ1v) is 6.67. The SMILES string of the molecule is CCCNc1ccc(C(=O)NCC(C)C)c(C)c1. The van der Waals surface area contributed by atoms with Crippen LogP contribution in [-0.4, -0.2) is 19.0 Å². The molecule has 0 atom stereocenters. The first-order chi connectivity index (χ1) is 8.54. The van der Waals surface area contributed by atoms with Gasteiger partial charge in [-0.3, -0.25) is 4.79 Å². The Labute approximate surface area is 110 Å². The third-order valence-corrected chi connectivity index (χ3v) is 2.72. The Morgan fingerprint density at radius 3 is 2.61 bits per heavy atom. The first-order valence-electron chi connectivity index (χ1n) is 6.67. The van der Waals surface area contributed by atoms with Crippen LogP contribution < -0.4 is 10.6 Å². The molecule has 1 amide bonds. The van der Waals surface area contributed by atoms with Crippen LogP contribution >= 0.6 is 0 Å². The molecule has 0 aliphatic heterocycles. The number of nitrogens with one attached hydrogen (secondary N) is 2. The van der Waals surface area contributed by atoms with Gasteiger partial charge < -0.3 is 10.6 Å². The Bertz CT molecular complexity index is 399. The number of benzene rings is 1. The van der Waals surface area contributed by atoms with Gasteiger partial charge in [0.15, 0.2) is 0 Å². The van der Waals surface area contributed by atoms with Crippen molar-refractivity contribution in [3.8, 4) is 0 Å². The largest absolute Gasteiger partial charge is 0.385 e. The number of hydrogen-bond donors (Lipinski definition) is 2. The summed E-state index contributed by atoms with van der Waals surface area (Å²) in [6.07, 6.45) is 1.09. The van der Waals surface area contributed by atoms with Crippen molar-refractivity contribution in [2.24, 2.45) is 5.92 Å². The Kier molecular flexibility index (Phi) is 5.69. The fraction of sp³-hybridized carbons (Fsp3) is 0.533. The van der Waals surface area contributed by atoms with Crippen molar-refractivity contribution in [2.75, 3.05) is 18.4 Å². The van der Waals surface area contributed by atoms with Gasteiger partial charge in [-0.2, -0.15) is 0 Å². The van der Waals surface area contributed by atoms with E-state index in [1.807, 2.05) is 25.1 Å². The molecule has 0 spiro atoms. The predicted octanol–water partition coefficient (Wildman–Crippen LogP) is 3.20. The van der Waals surface area contributed by atoms with Crippen molar-refractivity contribution < 1.29 is 4.79 Å². The van der Waals surface area contributed by atoms with Crippen molar-refractivity contribution >= 4 is 11.6 Å². The van der Waals surface area contributed by atoms with E-state index in [0.29, 0.717) is 12.5 Å². The van der Waals surface area contributed by atoms with Crippen LogP contribution in [0.15, 0.2) is 18.2 Å². The Morgan fingerprint density at radius 2 is 2.06 bits per heavy atom. The lowest BCUT2D eigenvalue weighted by atomic mass is 10.1. The monoisotopic (exact) mass is 248 g/mol. The van der Waals surface area contributed by atoms with E-state index in [1.165, 1.54) is 0 Å². The van der Waals surface area contributed by atoms with Crippen molar-refractivity contribution in [1.82, 2.24) is 5.32 Å². The number of anilines is 1. The molecular formula is C15H24N2O. The minimum Gasteiger partial charge on any atom is -0.385 e. The number of carbonyl (C=O) groups is 1. The first kappa shape index (κ1) is 14.6. The summed E-state index contributed by atoms with van der Waals surface area (Å²) in [5.74, 6) is 0.489. The minimum atomic E-state index is 0.0169. The summed E-state index contributed by atoms with van der Waals surface area (Å²) in [6, 6.07) is 5.88. The second kappa shape index (κ2) is 7.04. The Morgan fingerprint density at radius 1 is 1.33 bits per heavy atom. The maximum absolute atomic E-state index is 12.0. The highest BCUT2D eigenvalue weighted by atomic mass is 16.1. The lowest BCUT2D eigenvalue weighted by Gasteiger charge is -2.11. The molecule has 0 aliphatic carbocycles. The van der Waals surface area contributed by atoms with E-state index in [-0.39, 0.29) is 5.91 Å². The smallest absolute Gasteiger partial charge is 0.251 e. The molecule has 2 N–H and O–H groups in total. The molecule has 0 aromatic heterocycles. The van der Waals surface area contributed by atoms with Crippen LogP contribution in [0.2, 0.25) is 0 Å². The van der Waals surface area contributed by atoms with Gasteiger partial charge in [-0.25, -0.2) is 0 Å². The summed E-state index contributed by atoms with van der Waals surface area (Å²) >= 11 is 0. The summed E-state index contributed by atoms with van der Waals surface area (Å²) in [6.45, 7) is 9.96. The third kappa shape index (κ3) is 4.40. The molecule has 1 rings (SSSR count). The van der Waals surface area contributed by atoms with Gasteiger partial charge in [-0.05, 0) is 43.0 Å². The standard InChI is InChI=1S/C15H24N2O/c1-5-8-16-13-6-7-14(12(4)9-13)15(18)17-10-11(2)3/h6-7,9,11,16H,5,8,10H2,1-4H3,(H,17,18). The van der Waals surface area contributed by atoms with E-state index in [2.05, 4.69) is 31.4 Å². The van der Waals surface area contributed by atoms with Crippen molar-refractivity contribution in [3.63, 3.8) is 0 Å². The molecule has 100 valence electrons. The van der Waals surface area contributed by atoms with Crippen LogP contribution in [0.1, 0.15) is 43.1 Å². The normalized spacial score (nSPS) is 10.5. The van der Waals surface area contributed by atoms with Crippen LogP contribution in [0, 0.1) is 12.8 Å². The molecule has 1 aromatic carbocycles. The van der Waals surface area contributed by atoms with Gasteiger partial charge in [0.25, 0.3) is 5.91 Å². The number of hydrogen-bond acceptors (Lipinski definition) is 2. The van der Waals surface area contributed by atoms with Crippen LogP contribution in [0.25, 0.3) is 0 Å². The zero-order valence-electron chi connectivity index (χ0n) is 11.8. The van der Waals surface area contributed by atoms with Crippen molar-refractivity contribution in [2.45, 2.75) is 34.1 Å². The third-order valence-electron chi connectivity index (χ3n) is 2.72. The summed E-state index contributed by atoms with van der Waals surface area (Å²) in [5.41, 5.74) is 2.85. The number of amides is 1. The van der Waals surface area contributed by atoms with Gasteiger partial charge in [-0.15, -0.1) is 0 Å². The van der Waals surface area contributed by atoms with Crippen LogP contribution in [0.4, 0.5) is 5.69 Å². The highest BCUT2D eigenvalue weighted by Gasteiger charge is 2.09. The lowest BCUT2D eigenvalue weighted by molar-refractivity contribution is 0.0948. The van der Waals surface area contributed by atoms with Gasteiger partial charge in [-0.1, -0.05) is 20.8 Å². The lowest BCUT2D eigenvalue weighted by Crippen LogP contribution is -2.27. The zero-order valence-corrected chi connectivity index (χ0v) is 11.8. The van der Waals surface area contributed by atoms with E-state index in [4.69, 9.17) is 0 Å². The Hall–Kier alpha value is -1.51. The topological polar surface area (TPSA) is 41.1 Å². The molecule has 0 saturated carbocycles. The molecule has 0 saturated heterocycles. The number of rotatable bonds is 6. The fourth-order valence-electron chi connectivity index (χ4n) is 1.69. The minimum absolute atomic E-state index is 0.0169. The average molecular weight is 248 g/mol. The summed E-state index contributed by atoms with van der Waals surface area (Å²) in [7, 11) is 0. The van der Waals surface area contributed by atoms with Crippen molar-refractivity contribution in [1.29, 1.82) is 0 Å². The maximum Gasteiger partial charge on any atom is 0.251 e.